The van der Waals surface area contributed by atoms with Gasteiger partial charge in [0.1, 0.15) is 0 Å². The molecule has 4 nitrogen and oxygen atoms in total. The van der Waals surface area contributed by atoms with E-state index >= 15 is 0 Å². The van der Waals surface area contributed by atoms with E-state index in [9.17, 15) is 4.79 Å². The van der Waals surface area contributed by atoms with Gasteiger partial charge in [-0.1, -0.05) is 30.3 Å². The second-order valence-electron chi connectivity index (χ2n) is 4.81. The molecule has 0 saturated carbocycles. The molecule has 0 bridgehead atoms. The van der Waals surface area contributed by atoms with Crippen LogP contribution in [0.15, 0.2) is 59.6 Å². The number of hydrogen-bond donors (Lipinski definition) is 2. The molecule has 0 aliphatic carbocycles. The Kier molecular flexibility index (Phi) is 7.36. The van der Waals surface area contributed by atoms with Crippen molar-refractivity contribution in [3.63, 3.8) is 0 Å². The maximum atomic E-state index is 12.0. The van der Waals surface area contributed by atoms with Crippen molar-refractivity contribution in [2.24, 2.45) is 4.99 Å². The molecule has 2 N–H and O–H groups in total. The zero-order valence-corrected chi connectivity index (χ0v) is 13.6. The molecule has 2 aromatic carbocycles. The fourth-order valence-electron chi connectivity index (χ4n) is 1.89. The number of carbonyl (C=O) groups excluding carboxylic acids is 1. The summed E-state index contributed by atoms with van der Waals surface area (Å²) in [5.74, 6) is 1.41. The Hall–Kier alpha value is -2.11. The molecule has 120 valence electrons. The Morgan fingerprint density at radius 2 is 1.83 bits per heavy atom. The third kappa shape index (κ3) is 6.26. The Morgan fingerprint density at radius 3 is 2.52 bits per heavy atom. The predicted molar refractivity (Wildman–Crippen MR) is 96.9 cm³/mol. The van der Waals surface area contributed by atoms with E-state index in [0.29, 0.717) is 17.9 Å². The minimum Gasteiger partial charge on any atom is -0.396 e. The molecule has 0 saturated heterocycles. The van der Waals surface area contributed by atoms with Gasteiger partial charge < -0.3 is 10.4 Å². The SMILES string of the molecule is O=C(NCCSCCO)c1ccc(N=Cc2ccccc2)cc1. The highest BCUT2D eigenvalue weighted by Gasteiger charge is 2.04. The summed E-state index contributed by atoms with van der Waals surface area (Å²) in [5.41, 5.74) is 2.47. The van der Waals surface area contributed by atoms with Gasteiger partial charge in [-0.15, -0.1) is 0 Å². The molecule has 0 atom stereocenters. The third-order valence-electron chi connectivity index (χ3n) is 3.06. The second kappa shape index (κ2) is 9.82. The standard InChI is InChI=1S/C18H20N2O2S/c21-11-13-23-12-10-19-18(22)16-6-8-17(9-7-16)20-14-15-4-2-1-3-5-15/h1-9,14,21H,10-13H2,(H,19,22). The number of aliphatic imine (C=N–C) groups is 1. The third-order valence-corrected chi connectivity index (χ3v) is 4.02. The van der Waals surface area contributed by atoms with E-state index in [0.717, 1.165) is 17.0 Å². The summed E-state index contributed by atoms with van der Waals surface area (Å²) in [6.07, 6.45) is 1.80. The Labute approximate surface area is 140 Å². The number of aliphatic hydroxyl groups excluding tert-OH is 1. The van der Waals surface area contributed by atoms with Crippen LogP contribution in [-0.4, -0.2) is 41.9 Å². The summed E-state index contributed by atoms with van der Waals surface area (Å²) < 4.78 is 0. The van der Waals surface area contributed by atoms with Gasteiger partial charge in [-0.05, 0) is 29.8 Å². The van der Waals surface area contributed by atoms with Crippen LogP contribution in [0.2, 0.25) is 0 Å². The minimum absolute atomic E-state index is 0.0896. The van der Waals surface area contributed by atoms with Crippen LogP contribution < -0.4 is 5.32 Å². The van der Waals surface area contributed by atoms with Gasteiger partial charge in [-0.3, -0.25) is 9.79 Å². The molecule has 0 aliphatic rings. The van der Waals surface area contributed by atoms with Crippen LogP contribution in [-0.2, 0) is 0 Å². The first-order valence-corrected chi connectivity index (χ1v) is 8.61. The molecule has 23 heavy (non-hydrogen) atoms. The number of thioether (sulfide) groups is 1. The van der Waals surface area contributed by atoms with Crippen LogP contribution in [0.3, 0.4) is 0 Å². The van der Waals surface area contributed by atoms with Gasteiger partial charge in [-0.25, -0.2) is 0 Å². The molecule has 2 aromatic rings. The summed E-state index contributed by atoms with van der Waals surface area (Å²) in [7, 11) is 0. The lowest BCUT2D eigenvalue weighted by atomic mass is 10.2. The summed E-state index contributed by atoms with van der Waals surface area (Å²) in [6, 6.07) is 17.1. The van der Waals surface area contributed by atoms with Crippen molar-refractivity contribution in [3.05, 3.63) is 65.7 Å². The van der Waals surface area contributed by atoms with E-state index in [2.05, 4.69) is 10.3 Å². The van der Waals surface area contributed by atoms with Crippen molar-refractivity contribution in [1.82, 2.24) is 5.32 Å². The zero-order valence-electron chi connectivity index (χ0n) is 12.8. The van der Waals surface area contributed by atoms with Gasteiger partial charge in [0, 0.05) is 29.8 Å². The van der Waals surface area contributed by atoms with Crippen LogP contribution in [0, 0.1) is 0 Å². The molecular weight excluding hydrogens is 308 g/mol. The van der Waals surface area contributed by atoms with E-state index in [4.69, 9.17) is 5.11 Å². The molecule has 0 aromatic heterocycles. The molecule has 0 heterocycles. The molecule has 2 rings (SSSR count). The summed E-state index contributed by atoms with van der Waals surface area (Å²) >= 11 is 1.61. The summed E-state index contributed by atoms with van der Waals surface area (Å²) in [5, 5.41) is 11.5. The highest BCUT2D eigenvalue weighted by molar-refractivity contribution is 7.99. The highest BCUT2D eigenvalue weighted by atomic mass is 32.2. The quantitative estimate of drug-likeness (QED) is 0.578. The summed E-state index contributed by atoms with van der Waals surface area (Å²) in [6.45, 7) is 0.765. The van der Waals surface area contributed by atoms with Crippen LogP contribution in [0.5, 0.6) is 0 Å². The predicted octanol–water partition coefficient (Wildman–Crippen LogP) is 2.89. The number of nitrogens with zero attached hydrogens (tertiary/aromatic N) is 1. The van der Waals surface area contributed by atoms with Crippen molar-refractivity contribution in [3.8, 4) is 0 Å². The van der Waals surface area contributed by atoms with Gasteiger partial charge in [0.05, 0.1) is 12.3 Å². The van der Waals surface area contributed by atoms with Gasteiger partial charge in [-0.2, -0.15) is 11.8 Å². The number of rotatable bonds is 8. The molecule has 5 heteroatoms. The van der Waals surface area contributed by atoms with Crippen LogP contribution in [0.25, 0.3) is 0 Å². The fourth-order valence-corrected chi connectivity index (χ4v) is 2.47. The van der Waals surface area contributed by atoms with E-state index in [1.165, 1.54) is 0 Å². The monoisotopic (exact) mass is 328 g/mol. The Balaban J connectivity index is 1.84. The first-order valence-electron chi connectivity index (χ1n) is 7.45. The molecule has 1 amide bonds. The van der Waals surface area contributed by atoms with Gasteiger partial charge >= 0.3 is 0 Å². The van der Waals surface area contributed by atoms with Crippen LogP contribution in [0.4, 0.5) is 5.69 Å². The van der Waals surface area contributed by atoms with E-state index in [1.54, 1.807) is 30.1 Å². The Bertz CT molecular complexity index is 627. The van der Waals surface area contributed by atoms with Crippen LogP contribution >= 0.6 is 11.8 Å². The first-order chi connectivity index (χ1) is 11.3. The maximum absolute atomic E-state index is 12.0. The topological polar surface area (TPSA) is 61.7 Å². The fraction of sp³-hybridized carbons (Fsp3) is 0.222. The summed E-state index contributed by atoms with van der Waals surface area (Å²) in [4.78, 5) is 16.3. The largest absolute Gasteiger partial charge is 0.396 e. The number of benzene rings is 2. The maximum Gasteiger partial charge on any atom is 0.251 e. The molecule has 0 unspecified atom stereocenters. The van der Waals surface area contributed by atoms with Crippen molar-refractivity contribution in [2.45, 2.75) is 0 Å². The van der Waals surface area contributed by atoms with Gasteiger partial charge in [0.25, 0.3) is 5.91 Å². The van der Waals surface area contributed by atoms with Gasteiger partial charge in [0.2, 0.25) is 0 Å². The second-order valence-corrected chi connectivity index (χ2v) is 6.03. The number of carbonyl (C=O) groups is 1. The highest BCUT2D eigenvalue weighted by Crippen LogP contribution is 2.13. The van der Waals surface area contributed by atoms with E-state index in [1.807, 2.05) is 42.5 Å². The minimum atomic E-state index is -0.0896. The first kappa shape index (κ1) is 17.2. The van der Waals surface area contributed by atoms with Crippen LogP contribution in [0.1, 0.15) is 15.9 Å². The number of amides is 1. The smallest absolute Gasteiger partial charge is 0.251 e. The normalized spacial score (nSPS) is 10.8. The average Bonchev–Trinajstić information content (AvgIpc) is 2.61. The van der Waals surface area contributed by atoms with Crippen molar-refractivity contribution in [2.75, 3.05) is 24.7 Å². The lowest BCUT2D eigenvalue weighted by Gasteiger charge is -2.05. The molecular formula is C18H20N2O2S. The number of aliphatic hydroxyl groups is 1. The lowest BCUT2D eigenvalue weighted by molar-refractivity contribution is 0.0956. The molecule has 0 spiro atoms. The van der Waals surface area contributed by atoms with E-state index < -0.39 is 0 Å². The molecule has 0 aliphatic heterocycles. The van der Waals surface area contributed by atoms with Crippen molar-refractivity contribution < 1.29 is 9.90 Å². The van der Waals surface area contributed by atoms with E-state index in [-0.39, 0.29) is 12.5 Å². The zero-order chi connectivity index (χ0) is 16.3. The van der Waals surface area contributed by atoms with Crippen molar-refractivity contribution >= 4 is 29.6 Å². The molecule has 0 fully saturated rings. The van der Waals surface area contributed by atoms with Gasteiger partial charge in [0.15, 0.2) is 0 Å². The molecule has 0 radical (unpaired) electrons. The Morgan fingerprint density at radius 1 is 1.09 bits per heavy atom. The average molecular weight is 328 g/mol. The number of hydrogen-bond acceptors (Lipinski definition) is 4. The van der Waals surface area contributed by atoms with Crippen molar-refractivity contribution in [1.29, 1.82) is 0 Å². The number of nitrogens with one attached hydrogen (secondary N) is 1. The lowest BCUT2D eigenvalue weighted by Crippen LogP contribution is -2.25.